The van der Waals surface area contributed by atoms with Crippen LogP contribution in [0.3, 0.4) is 0 Å². The maximum Gasteiger partial charge on any atom is 0.242 e. The summed E-state index contributed by atoms with van der Waals surface area (Å²) in [6.45, 7) is 6.88. The Labute approximate surface area is 114 Å². The van der Waals surface area contributed by atoms with Crippen LogP contribution in [0, 0.1) is 6.92 Å². The second kappa shape index (κ2) is 5.21. The molecule has 1 unspecified atom stereocenters. The zero-order chi connectivity index (χ0) is 14.0. The van der Waals surface area contributed by atoms with E-state index in [-0.39, 0.29) is 24.1 Å². The van der Waals surface area contributed by atoms with Gasteiger partial charge in [0, 0.05) is 18.8 Å². The smallest absolute Gasteiger partial charge is 0.242 e. The van der Waals surface area contributed by atoms with Crippen molar-refractivity contribution in [3.05, 3.63) is 29.8 Å². The lowest BCUT2D eigenvalue weighted by molar-refractivity contribution is -0.124. The molecule has 1 atom stereocenters. The minimum absolute atomic E-state index is 0.00560. The number of nitrogens with zero attached hydrogens (tertiary/aromatic N) is 1. The van der Waals surface area contributed by atoms with Gasteiger partial charge in [-0.1, -0.05) is 17.7 Å². The molecule has 0 radical (unpaired) electrons. The van der Waals surface area contributed by atoms with Gasteiger partial charge >= 0.3 is 0 Å². The standard InChI is InChI=1S/C15H22N2O2/c1-11-4-6-12(7-5-11)17-13(8-9-18)14(19)16-10-15(17,2)3/h4-7,13,18H,8-10H2,1-3H3,(H,16,19). The molecular weight excluding hydrogens is 240 g/mol. The van der Waals surface area contributed by atoms with Crippen molar-refractivity contribution in [2.75, 3.05) is 18.1 Å². The van der Waals surface area contributed by atoms with E-state index in [2.05, 4.69) is 24.1 Å². The fraction of sp³-hybridized carbons (Fsp3) is 0.533. The number of carbonyl (C=O) groups is 1. The molecule has 2 rings (SSSR count). The average Bonchev–Trinajstić information content (AvgIpc) is 2.36. The highest BCUT2D eigenvalue weighted by Gasteiger charge is 2.40. The zero-order valence-corrected chi connectivity index (χ0v) is 11.8. The fourth-order valence-electron chi connectivity index (χ4n) is 2.66. The van der Waals surface area contributed by atoms with Gasteiger partial charge in [0.2, 0.25) is 5.91 Å². The first-order chi connectivity index (χ1) is 8.95. The molecule has 104 valence electrons. The SMILES string of the molecule is Cc1ccc(N2C(CCO)C(=O)NCC2(C)C)cc1. The van der Waals surface area contributed by atoms with Gasteiger partial charge in [0.05, 0.1) is 5.54 Å². The van der Waals surface area contributed by atoms with Gasteiger partial charge in [0.15, 0.2) is 0 Å². The molecule has 0 aliphatic carbocycles. The van der Waals surface area contributed by atoms with Crippen LogP contribution in [0.5, 0.6) is 0 Å². The summed E-state index contributed by atoms with van der Waals surface area (Å²) in [5.74, 6) is -0.00560. The van der Waals surface area contributed by atoms with Crippen LogP contribution in [-0.2, 0) is 4.79 Å². The van der Waals surface area contributed by atoms with Gasteiger partial charge in [-0.05, 0) is 39.3 Å². The van der Waals surface area contributed by atoms with Crippen molar-refractivity contribution in [1.29, 1.82) is 0 Å². The lowest BCUT2D eigenvalue weighted by Crippen LogP contribution is -2.66. The predicted octanol–water partition coefficient (Wildman–Crippen LogP) is 1.46. The largest absolute Gasteiger partial charge is 0.396 e. The molecule has 19 heavy (non-hydrogen) atoms. The fourth-order valence-corrected chi connectivity index (χ4v) is 2.66. The Morgan fingerprint density at radius 1 is 1.37 bits per heavy atom. The monoisotopic (exact) mass is 262 g/mol. The highest BCUT2D eigenvalue weighted by molar-refractivity contribution is 5.87. The van der Waals surface area contributed by atoms with Crippen LogP contribution >= 0.6 is 0 Å². The van der Waals surface area contributed by atoms with Crippen molar-refractivity contribution in [2.45, 2.75) is 38.8 Å². The number of nitrogens with one attached hydrogen (secondary N) is 1. The molecule has 1 amide bonds. The molecule has 2 N–H and O–H groups in total. The maximum atomic E-state index is 12.1. The number of carbonyl (C=O) groups excluding carboxylic acids is 1. The van der Waals surface area contributed by atoms with Crippen molar-refractivity contribution in [1.82, 2.24) is 5.32 Å². The topological polar surface area (TPSA) is 52.6 Å². The minimum Gasteiger partial charge on any atom is -0.396 e. The Kier molecular flexibility index (Phi) is 3.80. The highest BCUT2D eigenvalue weighted by Crippen LogP contribution is 2.30. The lowest BCUT2D eigenvalue weighted by Gasteiger charge is -2.48. The maximum absolute atomic E-state index is 12.1. The van der Waals surface area contributed by atoms with Gasteiger partial charge in [-0.15, -0.1) is 0 Å². The van der Waals surface area contributed by atoms with E-state index < -0.39 is 0 Å². The quantitative estimate of drug-likeness (QED) is 0.867. The molecule has 0 saturated carbocycles. The van der Waals surface area contributed by atoms with Crippen molar-refractivity contribution in [2.24, 2.45) is 0 Å². The molecule has 4 heteroatoms. The summed E-state index contributed by atoms with van der Waals surface area (Å²) in [6, 6.07) is 7.87. The van der Waals surface area contributed by atoms with Gasteiger partial charge < -0.3 is 15.3 Å². The van der Waals surface area contributed by atoms with E-state index in [1.54, 1.807) is 0 Å². The van der Waals surface area contributed by atoms with E-state index in [4.69, 9.17) is 0 Å². The molecule has 1 aromatic rings. The molecule has 1 aliphatic rings. The number of rotatable bonds is 3. The first-order valence-electron chi connectivity index (χ1n) is 6.70. The Morgan fingerprint density at radius 2 is 2.00 bits per heavy atom. The number of aryl methyl sites for hydroxylation is 1. The summed E-state index contributed by atoms with van der Waals surface area (Å²) in [7, 11) is 0. The molecule has 0 bridgehead atoms. The Hall–Kier alpha value is -1.55. The average molecular weight is 262 g/mol. The van der Waals surface area contributed by atoms with Gasteiger partial charge in [-0.2, -0.15) is 0 Å². The summed E-state index contributed by atoms with van der Waals surface area (Å²) in [6.07, 6.45) is 0.448. The van der Waals surface area contributed by atoms with Crippen LogP contribution in [0.15, 0.2) is 24.3 Å². The van der Waals surface area contributed by atoms with Gasteiger partial charge in [-0.25, -0.2) is 0 Å². The number of aliphatic hydroxyl groups is 1. The number of hydrogen-bond acceptors (Lipinski definition) is 3. The summed E-state index contributed by atoms with van der Waals surface area (Å²) in [5, 5.41) is 12.1. The van der Waals surface area contributed by atoms with E-state index in [1.165, 1.54) is 5.56 Å². The van der Waals surface area contributed by atoms with Crippen LogP contribution in [0.25, 0.3) is 0 Å². The molecular formula is C15H22N2O2. The van der Waals surface area contributed by atoms with Crippen molar-refractivity contribution in [3.63, 3.8) is 0 Å². The van der Waals surface area contributed by atoms with Gasteiger partial charge in [-0.3, -0.25) is 4.79 Å². The normalized spacial score (nSPS) is 22.2. The predicted molar refractivity (Wildman–Crippen MR) is 76.2 cm³/mol. The third-order valence-electron chi connectivity index (χ3n) is 3.68. The Balaban J connectivity index is 2.39. The van der Waals surface area contributed by atoms with Crippen LogP contribution in [0.2, 0.25) is 0 Å². The molecule has 1 aliphatic heterocycles. The van der Waals surface area contributed by atoms with E-state index in [9.17, 15) is 9.90 Å². The molecule has 1 aromatic carbocycles. The summed E-state index contributed by atoms with van der Waals surface area (Å²) < 4.78 is 0. The van der Waals surface area contributed by atoms with Gasteiger partial charge in [0.1, 0.15) is 6.04 Å². The Morgan fingerprint density at radius 3 is 2.58 bits per heavy atom. The molecule has 0 aromatic heterocycles. The third-order valence-corrected chi connectivity index (χ3v) is 3.68. The number of anilines is 1. The lowest BCUT2D eigenvalue weighted by atomic mass is 9.93. The summed E-state index contributed by atoms with van der Waals surface area (Å²) in [5.41, 5.74) is 2.06. The van der Waals surface area contributed by atoms with Crippen LogP contribution in [-0.4, -0.2) is 35.7 Å². The van der Waals surface area contributed by atoms with Crippen molar-refractivity contribution >= 4 is 11.6 Å². The number of aliphatic hydroxyl groups excluding tert-OH is 1. The van der Waals surface area contributed by atoms with E-state index in [0.29, 0.717) is 13.0 Å². The first-order valence-corrected chi connectivity index (χ1v) is 6.70. The minimum atomic E-state index is -0.309. The number of amides is 1. The second-order valence-electron chi connectivity index (χ2n) is 5.76. The summed E-state index contributed by atoms with van der Waals surface area (Å²) >= 11 is 0. The summed E-state index contributed by atoms with van der Waals surface area (Å²) in [4.78, 5) is 14.2. The number of benzene rings is 1. The zero-order valence-electron chi connectivity index (χ0n) is 11.8. The van der Waals surface area contributed by atoms with Gasteiger partial charge in [0.25, 0.3) is 0 Å². The first kappa shape index (κ1) is 13.9. The van der Waals surface area contributed by atoms with Crippen LogP contribution in [0.1, 0.15) is 25.8 Å². The van der Waals surface area contributed by atoms with E-state index in [0.717, 1.165) is 5.69 Å². The van der Waals surface area contributed by atoms with E-state index in [1.807, 2.05) is 31.2 Å². The van der Waals surface area contributed by atoms with Crippen LogP contribution < -0.4 is 10.2 Å². The molecule has 4 nitrogen and oxygen atoms in total. The third kappa shape index (κ3) is 2.73. The molecule has 0 spiro atoms. The second-order valence-corrected chi connectivity index (χ2v) is 5.76. The van der Waals surface area contributed by atoms with Crippen molar-refractivity contribution in [3.8, 4) is 0 Å². The molecule has 1 heterocycles. The molecule has 1 fully saturated rings. The Bertz CT molecular complexity index is 454. The number of piperazine rings is 1. The van der Waals surface area contributed by atoms with E-state index >= 15 is 0 Å². The number of hydrogen-bond donors (Lipinski definition) is 2. The van der Waals surface area contributed by atoms with Crippen molar-refractivity contribution < 1.29 is 9.90 Å². The van der Waals surface area contributed by atoms with Crippen LogP contribution in [0.4, 0.5) is 5.69 Å². The highest BCUT2D eigenvalue weighted by atomic mass is 16.3. The molecule has 1 saturated heterocycles.